The monoisotopic (exact) mass is 427 g/mol. The van der Waals surface area contributed by atoms with Crippen LogP contribution in [0.3, 0.4) is 0 Å². The number of nitrogens with one attached hydrogen (secondary N) is 3. The van der Waals surface area contributed by atoms with E-state index >= 15 is 0 Å². The highest BCUT2D eigenvalue weighted by molar-refractivity contribution is 7.98. The minimum atomic E-state index is -0.509. The summed E-state index contributed by atoms with van der Waals surface area (Å²) in [6, 6.07) is 7.34. The molecule has 0 spiro atoms. The number of amides is 2. The Morgan fingerprint density at radius 3 is 2.82 bits per heavy atom. The Hall–Kier alpha value is -1.28. The van der Waals surface area contributed by atoms with Gasteiger partial charge in [-0.2, -0.15) is 11.8 Å². The largest absolute Gasteiger partial charge is 0.376 e. The molecule has 6 nitrogen and oxygen atoms in total. The van der Waals surface area contributed by atoms with Crippen molar-refractivity contribution in [1.29, 1.82) is 0 Å². The summed E-state index contributed by atoms with van der Waals surface area (Å²) in [4.78, 5) is 25.4. The number of hydrogen-bond acceptors (Lipinski definition) is 5. The smallest absolute Gasteiger partial charge is 0.242 e. The molecule has 28 heavy (non-hydrogen) atoms. The van der Waals surface area contributed by atoms with E-state index < -0.39 is 6.04 Å². The zero-order valence-electron chi connectivity index (χ0n) is 16.2. The Labute approximate surface area is 177 Å². The Morgan fingerprint density at radius 2 is 2.11 bits per heavy atom. The number of fused-ring (bicyclic) bond motifs is 1. The summed E-state index contributed by atoms with van der Waals surface area (Å²) in [6.45, 7) is 1.95. The summed E-state index contributed by atoms with van der Waals surface area (Å²) in [6.07, 6.45) is 5.39. The minimum Gasteiger partial charge on any atom is -0.376 e. The van der Waals surface area contributed by atoms with E-state index in [1.807, 2.05) is 18.4 Å². The molecule has 2 amide bonds. The topological polar surface area (TPSA) is 79.5 Å². The van der Waals surface area contributed by atoms with E-state index in [0.29, 0.717) is 25.9 Å². The van der Waals surface area contributed by atoms with Crippen LogP contribution < -0.4 is 16.0 Å². The van der Waals surface area contributed by atoms with Gasteiger partial charge in [-0.1, -0.05) is 24.3 Å². The molecule has 2 aliphatic heterocycles. The van der Waals surface area contributed by atoms with E-state index in [9.17, 15) is 9.59 Å². The molecule has 3 rings (SSSR count). The van der Waals surface area contributed by atoms with Crippen LogP contribution in [-0.2, 0) is 27.3 Å². The number of carbonyl (C=O) groups is 2. The van der Waals surface area contributed by atoms with Crippen LogP contribution in [0.15, 0.2) is 24.3 Å². The van der Waals surface area contributed by atoms with E-state index in [4.69, 9.17) is 4.74 Å². The van der Waals surface area contributed by atoms with Gasteiger partial charge in [0.25, 0.3) is 0 Å². The van der Waals surface area contributed by atoms with Gasteiger partial charge in [0.1, 0.15) is 6.04 Å². The standard InChI is InChI=1S/C20H29N3O3S.ClH/c1-27-10-8-17(19(24)22-13-16-7-4-9-26-16)23-20(25)18-11-14-5-2-3-6-15(14)12-21-18;/h2-3,5-6,16-18,21H,4,7-13H2,1H3,(H,22,24)(H,23,25);1H/t16?,17-,18-;/m0./s1. The number of hydrogen-bond donors (Lipinski definition) is 3. The lowest BCUT2D eigenvalue weighted by Gasteiger charge is -2.27. The maximum atomic E-state index is 12.8. The number of ether oxygens (including phenoxy) is 1. The highest BCUT2D eigenvalue weighted by atomic mass is 35.5. The first-order chi connectivity index (χ1) is 13.2. The van der Waals surface area contributed by atoms with Crippen LogP contribution in [0.25, 0.3) is 0 Å². The number of carbonyl (C=O) groups excluding carboxylic acids is 2. The third-order valence-electron chi connectivity index (χ3n) is 5.17. The predicted molar refractivity (Wildman–Crippen MR) is 115 cm³/mol. The number of halogens is 1. The normalized spacial score (nSPS) is 21.9. The van der Waals surface area contributed by atoms with Gasteiger partial charge >= 0.3 is 0 Å². The lowest BCUT2D eigenvalue weighted by atomic mass is 9.95. The van der Waals surface area contributed by atoms with E-state index in [2.05, 4.69) is 28.1 Å². The van der Waals surface area contributed by atoms with Crippen LogP contribution in [-0.4, -0.2) is 55.2 Å². The second-order valence-electron chi connectivity index (χ2n) is 7.13. The lowest BCUT2D eigenvalue weighted by molar-refractivity contribution is -0.130. The average molecular weight is 428 g/mol. The predicted octanol–water partition coefficient (Wildman–Crippen LogP) is 1.66. The van der Waals surface area contributed by atoms with Crippen molar-refractivity contribution in [2.45, 2.75) is 50.4 Å². The first-order valence-electron chi connectivity index (χ1n) is 9.66. The molecule has 0 saturated carbocycles. The second-order valence-corrected chi connectivity index (χ2v) is 8.11. The third-order valence-corrected chi connectivity index (χ3v) is 5.81. The molecule has 0 aliphatic carbocycles. The van der Waals surface area contributed by atoms with Crippen LogP contribution >= 0.6 is 24.2 Å². The Bertz CT molecular complexity index is 655. The molecule has 0 bridgehead atoms. The number of rotatable bonds is 8. The summed E-state index contributed by atoms with van der Waals surface area (Å²) in [7, 11) is 0. The average Bonchev–Trinajstić information content (AvgIpc) is 3.22. The van der Waals surface area contributed by atoms with Crippen molar-refractivity contribution in [3.8, 4) is 0 Å². The van der Waals surface area contributed by atoms with Crippen molar-refractivity contribution in [1.82, 2.24) is 16.0 Å². The Morgan fingerprint density at radius 1 is 1.32 bits per heavy atom. The fraction of sp³-hybridized carbons (Fsp3) is 0.600. The summed E-state index contributed by atoms with van der Waals surface area (Å²) in [5.41, 5.74) is 2.43. The van der Waals surface area contributed by atoms with Gasteiger partial charge < -0.3 is 20.7 Å². The van der Waals surface area contributed by atoms with Crippen molar-refractivity contribution < 1.29 is 14.3 Å². The second kappa shape index (κ2) is 11.7. The molecular formula is C20H30ClN3O3S. The number of thioether (sulfide) groups is 1. The van der Waals surface area contributed by atoms with E-state index in [-0.39, 0.29) is 36.4 Å². The van der Waals surface area contributed by atoms with E-state index in [1.54, 1.807) is 11.8 Å². The van der Waals surface area contributed by atoms with Crippen LogP contribution in [0.4, 0.5) is 0 Å². The van der Waals surface area contributed by atoms with Gasteiger partial charge in [0.15, 0.2) is 0 Å². The van der Waals surface area contributed by atoms with Crippen LogP contribution in [0.5, 0.6) is 0 Å². The van der Waals surface area contributed by atoms with Gasteiger partial charge in [-0.15, -0.1) is 12.4 Å². The summed E-state index contributed by atoms with van der Waals surface area (Å²) in [5.74, 6) is 0.589. The molecular weight excluding hydrogens is 398 g/mol. The molecule has 1 aromatic rings. The molecule has 2 aliphatic rings. The Balaban J connectivity index is 0.00000280. The van der Waals surface area contributed by atoms with E-state index in [1.165, 1.54) is 11.1 Å². The zero-order chi connectivity index (χ0) is 19.1. The maximum Gasteiger partial charge on any atom is 0.242 e. The fourth-order valence-electron chi connectivity index (χ4n) is 3.56. The molecule has 2 heterocycles. The van der Waals surface area contributed by atoms with Crippen LogP contribution in [0.2, 0.25) is 0 Å². The zero-order valence-corrected chi connectivity index (χ0v) is 17.9. The highest BCUT2D eigenvalue weighted by Gasteiger charge is 2.28. The summed E-state index contributed by atoms with van der Waals surface area (Å²) < 4.78 is 5.56. The molecule has 0 radical (unpaired) electrons. The highest BCUT2D eigenvalue weighted by Crippen LogP contribution is 2.16. The molecule has 156 valence electrons. The summed E-state index contributed by atoms with van der Waals surface area (Å²) >= 11 is 1.67. The van der Waals surface area contributed by atoms with Crippen molar-refractivity contribution in [2.75, 3.05) is 25.2 Å². The quantitative estimate of drug-likeness (QED) is 0.588. The van der Waals surface area contributed by atoms with Crippen molar-refractivity contribution in [3.05, 3.63) is 35.4 Å². The molecule has 1 aromatic carbocycles. The van der Waals surface area contributed by atoms with Gasteiger partial charge in [-0.25, -0.2) is 0 Å². The van der Waals surface area contributed by atoms with Gasteiger partial charge in [0, 0.05) is 19.7 Å². The van der Waals surface area contributed by atoms with Gasteiger partial charge in [-0.3, -0.25) is 9.59 Å². The minimum absolute atomic E-state index is 0. The molecule has 3 atom stereocenters. The molecule has 3 N–H and O–H groups in total. The van der Waals surface area contributed by atoms with Crippen molar-refractivity contribution >= 4 is 36.0 Å². The Kier molecular flexibility index (Phi) is 9.58. The van der Waals surface area contributed by atoms with Crippen LogP contribution in [0, 0.1) is 0 Å². The van der Waals surface area contributed by atoms with Gasteiger partial charge in [-0.05, 0) is 48.8 Å². The van der Waals surface area contributed by atoms with Gasteiger partial charge in [0.2, 0.25) is 11.8 Å². The van der Waals surface area contributed by atoms with Crippen molar-refractivity contribution in [2.24, 2.45) is 0 Å². The fourth-order valence-corrected chi connectivity index (χ4v) is 4.03. The SMILES string of the molecule is CSCC[C@H](NC(=O)[C@@H]1Cc2ccccc2CN1)C(=O)NCC1CCCO1.Cl. The number of benzene rings is 1. The van der Waals surface area contributed by atoms with Gasteiger partial charge in [0.05, 0.1) is 12.1 Å². The summed E-state index contributed by atoms with van der Waals surface area (Å²) in [5, 5.41) is 9.19. The van der Waals surface area contributed by atoms with Crippen LogP contribution in [0.1, 0.15) is 30.4 Å². The molecule has 1 fully saturated rings. The molecule has 8 heteroatoms. The first-order valence-corrected chi connectivity index (χ1v) is 11.1. The molecule has 0 aromatic heterocycles. The molecule has 1 saturated heterocycles. The first kappa shape index (κ1) is 23.0. The van der Waals surface area contributed by atoms with Crippen molar-refractivity contribution in [3.63, 3.8) is 0 Å². The lowest BCUT2D eigenvalue weighted by Crippen LogP contribution is -2.55. The third kappa shape index (κ3) is 6.37. The van der Waals surface area contributed by atoms with E-state index in [0.717, 1.165) is 25.2 Å². The maximum absolute atomic E-state index is 12.8. The molecule has 1 unspecified atom stereocenters.